The normalized spacial score (nSPS) is 33.5. The van der Waals surface area contributed by atoms with Gasteiger partial charge in [0.2, 0.25) is 0 Å². The van der Waals surface area contributed by atoms with Gasteiger partial charge in [-0.1, -0.05) is 55.4 Å². The van der Waals surface area contributed by atoms with Crippen LogP contribution in [0.5, 0.6) is 0 Å². The molecule has 4 aliphatic rings. The first-order valence-corrected chi connectivity index (χ1v) is 28.1. The molecule has 0 aliphatic carbocycles. The van der Waals surface area contributed by atoms with E-state index in [0.29, 0.717) is 0 Å². The molecule has 0 aromatic carbocycles. The monoisotopic (exact) mass is 964 g/mol. The number of nitrogen functional groups attached to an aromatic ring is 1. The molecule has 4 bridgehead atoms. The van der Waals surface area contributed by atoms with Crippen LogP contribution in [-0.2, 0) is 57.2 Å². The summed E-state index contributed by atoms with van der Waals surface area (Å²) in [5.74, 6) is -0.850. The summed E-state index contributed by atoms with van der Waals surface area (Å²) in [5, 5.41) is -0.399. The molecule has 22 nitrogen and oxygen atoms in total. The average molecular weight is 965 g/mol. The van der Waals surface area contributed by atoms with E-state index in [0.717, 1.165) is 12.5 Å². The third kappa shape index (κ3) is 7.80. The van der Waals surface area contributed by atoms with E-state index in [-0.39, 0.29) is 51.4 Å². The molecule has 4 aliphatic heterocycles. The Morgan fingerprint density at radius 1 is 0.968 bits per heavy atom. The molecule has 4 aromatic rings. The molecular weight excluding hydrogens is 914 g/mol. The predicted octanol–water partition coefficient (Wildman–Crippen LogP) is 3.90. The van der Waals surface area contributed by atoms with Crippen LogP contribution in [0.25, 0.3) is 22.2 Å². The minimum atomic E-state index is -5.11. The van der Waals surface area contributed by atoms with Crippen molar-refractivity contribution in [2.75, 3.05) is 25.6 Å². The lowest BCUT2D eigenvalue weighted by atomic mass is 10.0. The van der Waals surface area contributed by atoms with Gasteiger partial charge in [-0.2, -0.15) is 0 Å². The highest BCUT2D eigenvalue weighted by Gasteiger charge is 2.66. The summed E-state index contributed by atoms with van der Waals surface area (Å²) >= 11 is 5.69. The zero-order valence-corrected chi connectivity index (χ0v) is 39.7. The molecule has 0 spiro atoms. The Hall–Kier alpha value is -2.47. The number of halogens is 1. The third-order valence-corrected chi connectivity index (χ3v) is 24.3. The highest BCUT2D eigenvalue weighted by Crippen LogP contribution is 2.59. The Bertz CT molecular complexity index is 2480. The van der Waals surface area contributed by atoms with Gasteiger partial charge in [-0.3, -0.25) is 22.9 Å². The quantitative estimate of drug-likeness (QED) is 0.111. The second-order valence-electron chi connectivity index (χ2n) is 17.2. The molecule has 4 aromatic heterocycles. The second-order valence-corrected chi connectivity index (χ2v) is 30.0. The highest BCUT2D eigenvalue weighted by atomic mass is 32.5. The van der Waals surface area contributed by atoms with E-state index in [9.17, 15) is 23.9 Å². The van der Waals surface area contributed by atoms with Gasteiger partial charge < -0.3 is 57.1 Å². The van der Waals surface area contributed by atoms with E-state index >= 15 is 4.39 Å². The summed E-state index contributed by atoms with van der Waals surface area (Å²) in [6.45, 7) is 9.05. The van der Waals surface area contributed by atoms with Gasteiger partial charge in [-0.25, -0.2) is 28.9 Å². The number of hydrogen-bond donors (Lipinski definition) is 5. The summed E-state index contributed by atoms with van der Waals surface area (Å²) in [6.07, 6.45) is -4.61. The number of ether oxygens (including phenoxy) is 3. The first-order chi connectivity index (χ1) is 29.0. The van der Waals surface area contributed by atoms with Crippen LogP contribution in [-0.4, -0.2) is 122 Å². The fourth-order valence-corrected chi connectivity index (χ4v) is 21.1. The SMILES string of the molecule is CC(C)[Si](O)(O[Si](O[C@H]1[C@H]2OP(O)(=S)OC[C@@]34CO[C@@H](C(n5cnc6c(N)ncnc65)O3)[C@@H]4OP(=O)(O)OC[C@H]1O[C@H]2n1cc(F)c2c(=O)[nH]cnc21)(C(C)C)C(C)C)C(C)C. The molecule has 3 unspecified atom stereocenters. The maximum absolute atomic E-state index is 15.6. The Morgan fingerprint density at radius 3 is 2.35 bits per heavy atom. The Morgan fingerprint density at radius 2 is 1.68 bits per heavy atom. The molecule has 4 fully saturated rings. The number of aromatic nitrogens is 7. The Kier molecular flexibility index (Phi) is 12.2. The molecule has 4 saturated heterocycles. The zero-order valence-electron chi connectivity index (χ0n) is 35.1. The van der Waals surface area contributed by atoms with Gasteiger partial charge in [0, 0.05) is 6.20 Å². The zero-order chi connectivity index (χ0) is 44.9. The van der Waals surface area contributed by atoms with Crippen LogP contribution in [0.2, 0.25) is 22.2 Å². The summed E-state index contributed by atoms with van der Waals surface area (Å²) < 4.78 is 89.9. The van der Waals surface area contributed by atoms with E-state index < -0.39 is 110 Å². The number of anilines is 1. The number of nitrogens with one attached hydrogen (secondary N) is 1. The lowest BCUT2D eigenvalue weighted by molar-refractivity contribution is -0.183. The van der Waals surface area contributed by atoms with Gasteiger partial charge in [0.25, 0.3) is 5.56 Å². The average Bonchev–Trinajstić information content (AvgIpc) is 4.00. The van der Waals surface area contributed by atoms with Crippen molar-refractivity contribution in [1.82, 2.24) is 34.1 Å². The van der Waals surface area contributed by atoms with Crippen molar-refractivity contribution in [2.45, 2.75) is 126 Å². The smallest absolute Gasteiger partial charge is 0.414 e. The fourth-order valence-electron chi connectivity index (χ4n) is 8.78. The van der Waals surface area contributed by atoms with Gasteiger partial charge in [-0.15, -0.1) is 0 Å². The van der Waals surface area contributed by atoms with Crippen LogP contribution >= 0.6 is 14.5 Å². The van der Waals surface area contributed by atoms with Crippen LogP contribution in [0, 0.1) is 5.82 Å². The maximum Gasteiger partial charge on any atom is 0.472 e. The van der Waals surface area contributed by atoms with Gasteiger partial charge >= 0.3 is 31.7 Å². The van der Waals surface area contributed by atoms with Crippen LogP contribution in [0.4, 0.5) is 10.2 Å². The van der Waals surface area contributed by atoms with Crippen molar-refractivity contribution >= 4 is 71.5 Å². The third-order valence-electron chi connectivity index (χ3n) is 12.0. The molecule has 0 amide bonds. The van der Waals surface area contributed by atoms with Gasteiger partial charge in [0.15, 0.2) is 35.4 Å². The van der Waals surface area contributed by atoms with Crippen LogP contribution in [0.1, 0.15) is 67.8 Å². The fraction of sp³-hybridized carbons (Fsp3) is 0.676. The molecule has 342 valence electrons. The van der Waals surface area contributed by atoms with Crippen molar-refractivity contribution in [2.24, 2.45) is 0 Å². The summed E-state index contributed by atoms with van der Waals surface area (Å²) in [5.41, 5.74) is 2.68. The summed E-state index contributed by atoms with van der Waals surface area (Å²) in [4.78, 5) is 67.8. The number of hydrogen-bond acceptors (Lipinski definition) is 18. The van der Waals surface area contributed by atoms with Gasteiger partial charge in [0.05, 0.1) is 32.5 Å². The van der Waals surface area contributed by atoms with Crippen molar-refractivity contribution in [3.63, 3.8) is 0 Å². The van der Waals surface area contributed by atoms with E-state index in [2.05, 4.69) is 24.9 Å². The largest absolute Gasteiger partial charge is 0.472 e. The Labute approximate surface area is 361 Å². The second kappa shape index (κ2) is 16.4. The maximum atomic E-state index is 15.6. The van der Waals surface area contributed by atoms with Crippen molar-refractivity contribution in [1.29, 1.82) is 0 Å². The first kappa shape index (κ1) is 46.1. The number of rotatable bonds is 10. The van der Waals surface area contributed by atoms with E-state index in [1.807, 2.05) is 55.4 Å². The first-order valence-electron chi connectivity index (χ1n) is 20.1. The molecule has 6 N–H and O–H groups in total. The standard InChI is InChI=1S/C34H51FN8O14P2SSi2/c1-16(2)61(48,17(3)4)57-62(18(5)6,19(7)8)56-24-21-10-50-58(45,46)55-27-26-33(43-15-41-23-28(36)37-13-39-30(23)43)53-34(27,11-49-26)12-51-59(47,60)54-25(24)32(52-21)42-9-20(35)22-29(42)38-14-40-31(22)44/h9,13-19,21,24-27,32-33,48H,10-12H2,1-8H3,(H,45,46)(H,47,60)(H2,36,37,39)(H,38,40,44)/t21-,24-,25-,26-,27+,32-,33?,34-,59?/m1/s1. The van der Waals surface area contributed by atoms with Gasteiger partial charge in [-0.05, 0) is 34.0 Å². The number of aromatic amines is 1. The number of phosphoric ester groups is 1. The number of nitrogens with two attached hydrogens (primary N) is 1. The van der Waals surface area contributed by atoms with Crippen molar-refractivity contribution < 1.29 is 64.4 Å². The molecule has 8 rings (SSSR count). The molecule has 62 heavy (non-hydrogen) atoms. The molecular formula is C34H51FN8O14P2SSi2. The molecule has 0 radical (unpaired) electrons. The molecule has 10 atom stereocenters. The van der Waals surface area contributed by atoms with E-state index in [4.69, 9.17) is 58.4 Å². The van der Waals surface area contributed by atoms with Crippen LogP contribution in [0.15, 0.2) is 30.0 Å². The van der Waals surface area contributed by atoms with Crippen molar-refractivity contribution in [3.8, 4) is 0 Å². The molecule has 28 heteroatoms. The lowest BCUT2D eigenvalue weighted by Crippen LogP contribution is -2.62. The topological polar surface area (TPSA) is 281 Å². The van der Waals surface area contributed by atoms with E-state index in [1.54, 1.807) is 0 Å². The minimum absolute atomic E-state index is 0.103. The molecule has 0 saturated carbocycles. The number of fused-ring (bicyclic) bond motifs is 4. The number of phosphoric acid groups is 1. The number of nitrogens with zero attached hydrogens (tertiary/aromatic N) is 6. The minimum Gasteiger partial charge on any atom is -0.414 e. The predicted molar refractivity (Wildman–Crippen MR) is 225 cm³/mol. The lowest BCUT2D eigenvalue weighted by Gasteiger charge is -2.47. The van der Waals surface area contributed by atoms with Gasteiger partial charge in [0.1, 0.15) is 53.4 Å². The van der Waals surface area contributed by atoms with Crippen molar-refractivity contribution in [3.05, 3.63) is 41.3 Å². The van der Waals surface area contributed by atoms with Crippen LogP contribution < -0.4 is 11.3 Å². The molecule has 8 heterocycles. The number of imidazole rings is 1. The summed E-state index contributed by atoms with van der Waals surface area (Å²) in [7, 11) is -12.4. The summed E-state index contributed by atoms with van der Waals surface area (Å²) in [6, 6.07) is 0. The Balaban J connectivity index is 1.22. The highest BCUT2D eigenvalue weighted by molar-refractivity contribution is 8.07. The van der Waals surface area contributed by atoms with Crippen LogP contribution in [0.3, 0.4) is 0 Å². The number of H-pyrrole nitrogens is 1. The van der Waals surface area contributed by atoms with E-state index in [1.165, 1.54) is 21.8 Å².